The molecule has 0 bridgehead atoms. The lowest BCUT2D eigenvalue weighted by atomic mass is 9.84. The molecule has 2 aliphatic heterocycles. The van der Waals surface area contributed by atoms with E-state index >= 15 is 0 Å². The van der Waals surface area contributed by atoms with Gasteiger partial charge in [-0.25, -0.2) is 0 Å². The summed E-state index contributed by atoms with van der Waals surface area (Å²) in [6, 6.07) is 4.96. The predicted molar refractivity (Wildman–Crippen MR) is 91.1 cm³/mol. The molecule has 1 aromatic heterocycles. The molecule has 2 aliphatic rings. The maximum Gasteiger partial charge on any atom is 0.242 e. The van der Waals surface area contributed by atoms with Crippen LogP contribution in [0.5, 0.6) is 0 Å². The summed E-state index contributed by atoms with van der Waals surface area (Å²) in [4.78, 5) is 43.0. The van der Waals surface area contributed by atoms with E-state index in [1.165, 1.54) is 0 Å². The highest BCUT2D eigenvalue weighted by Crippen LogP contribution is 2.39. The highest BCUT2D eigenvalue weighted by molar-refractivity contribution is 5.95. The van der Waals surface area contributed by atoms with Gasteiger partial charge in [0.15, 0.2) is 0 Å². The number of nitrogens with zero attached hydrogens (tertiary/aromatic N) is 2. The summed E-state index contributed by atoms with van der Waals surface area (Å²) in [6.45, 7) is 5.02. The second-order valence-corrected chi connectivity index (χ2v) is 7.21. The van der Waals surface area contributed by atoms with Crippen molar-refractivity contribution in [2.45, 2.75) is 39.3 Å². The van der Waals surface area contributed by atoms with E-state index < -0.39 is 11.5 Å². The van der Waals surface area contributed by atoms with Gasteiger partial charge in [-0.1, -0.05) is 19.9 Å². The first-order valence-corrected chi connectivity index (χ1v) is 8.69. The smallest absolute Gasteiger partial charge is 0.242 e. The van der Waals surface area contributed by atoms with Crippen molar-refractivity contribution >= 4 is 17.7 Å². The Morgan fingerprint density at radius 2 is 2.24 bits per heavy atom. The zero-order chi connectivity index (χ0) is 18.0. The van der Waals surface area contributed by atoms with E-state index in [0.29, 0.717) is 32.5 Å². The van der Waals surface area contributed by atoms with Gasteiger partial charge in [0, 0.05) is 25.2 Å². The van der Waals surface area contributed by atoms with Gasteiger partial charge in [0.1, 0.15) is 6.04 Å². The molecule has 2 N–H and O–H groups in total. The summed E-state index contributed by atoms with van der Waals surface area (Å²) in [5.41, 5.74) is 0.141. The van der Waals surface area contributed by atoms with Gasteiger partial charge in [-0.2, -0.15) is 0 Å². The zero-order valence-corrected chi connectivity index (χ0v) is 14.6. The summed E-state index contributed by atoms with van der Waals surface area (Å²) >= 11 is 0. The monoisotopic (exact) mass is 344 g/mol. The summed E-state index contributed by atoms with van der Waals surface area (Å²) in [7, 11) is 0. The summed E-state index contributed by atoms with van der Waals surface area (Å²) < 4.78 is 0. The molecule has 7 nitrogen and oxygen atoms in total. The number of aromatic nitrogens is 1. The average molecular weight is 344 g/mol. The highest BCUT2D eigenvalue weighted by atomic mass is 16.2. The Labute approximate surface area is 147 Å². The van der Waals surface area contributed by atoms with Crippen molar-refractivity contribution in [3.05, 3.63) is 30.1 Å². The Balaban J connectivity index is 1.59. The van der Waals surface area contributed by atoms with Crippen LogP contribution in [0.25, 0.3) is 0 Å². The van der Waals surface area contributed by atoms with Crippen molar-refractivity contribution in [1.82, 2.24) is 20.5 Å². The van der Waals surface area contributed by atoms with Gasteiger partial charge in [-0.15, -0.1) is 0 Å². The molecular weight excluding hydrogens is 320 g/mol. The number of carbonyl (C=O) groups excluding carboxylic acids is 3. The average Bonchev–Trinajstić information content (AvgIpc) is 3.18. The predicted octanol–water partition coefficient (Wildman–Crippen LogP) is 0.461. The molecule has 3 rings (SSSR count). The molecule has 7 heteroatoms. The maximum absolute atomic E-state index is 12.5. The molecule has 0 aromatic carbocycles. The van der Waals surface area contributed by atoms with Gasteiger partial charge < -0.3 is 15.5 Å². The third kappa shape index (κ3) is 3.50. The van der Waals surface area contributed by atoms with Crippen molar-refractivity contribution in [1.29, 1.82) is 0 Å². The molecule has 0 saturated carbocycles. The van der Waals surface area contributed by atoms with Crippen LogP contribution in [-0.2, 0) is 20.9 Å². The lowest BCUT2D eigenvalue weighted by molar-refractivity contribution is -0.134. The van der Waals surface area contributed by atoms with Crippen LogP contribution < -0.4 is 10.6 Å². The van der Waals surface area contributed by atoms with Crippen LogP contribution in [0, 0.1) is 11.3 Å². The number of hydrogen-bond donors (Lipinski definition) is 2. The number of amides is 3. The van der Waals surface area contributed by atoms with Crippen molar-refractivity contribution in [2.75, 3.05) is 13.1 Å². The minimum absolute atomic E-state index is 0.0627. The molecule has 0 unspecified atom stereocenters. The molecule has 25 heavy (non-hydrogen) atoms. The third-order valence-electron chi connectivity index (χ3n) is 5.03. The van der Waals surface area contributed by atoms with Crippen LogP contribution in [0.4, 0.5) is 0 Å². The fourth-order valence-corrected chi connectivity index (χ4v) is 3.59. The van der Waals surface area contributed by atoms with Gasteiger partial charge in [0.25, 0.3) is 0 Å². The topological polar surface area (TPSA) is 91.4 Å². The maximum atomic E-state index is 12.5. The van der Waals surface area contributed by atoms with Gasteiger partial charge in [0.05, 0.1) is 17.7 Å². The van der Waals surface area contributed by atoms with Crippen molar-refractivity contribution < 1.29 is 14.4 Å². The van der Waals surface area contributed by atoms with Crippen molar-refractivity contribution in [3.8, 4) is 0 Å². The first kappa shape index (κ1) is 17.4. The van der Waals surface area contributed by atoms with Crippen molar-refractivity contribution in [3.63, 3.8) is 0 Å². The van der Waals surface area contributed by atoms with E-state index in [0.717, 1.165) is 5.69 Å². The zero-order valence-electron chi connectivity index (χ0n) is 14.6. The first-order chi connectivity index (χ1) is 11.9. The molecule has 1 spiro atoms. The normalized spacial score (nSPS) is 25.5. The minimum atomic E-state index is -0.627. The number of carbonyl (C=O) groups is 3. The molecule has 0 radical (unpaired) electrons. The fraction of sp³-hybridized carbons (Fsp3) is 0.556. The van der Waals surface area contributed by atoms with Crippen LogP contribution in [0.3, 0.4) is 0 Å². The number of likely N-dealkylation sites (tertiary alicyclic amines) is 1. The van der Waals surface area contributed by atoms with E-state index in [2.05, 4.69) is 15.6 Å². The lowest BCUT2D eigenvalue weighted by Crippen LogP contribution is -2.41. The third-order valence-corrected chi connectivity index (χ3v) is 5.03. The molecular formula is C18H24N4O3. The molecule has 134 valence electrons. The second-order valence-electron chi connectivity index (χ2n) is 7.21. The fourth-order valence-electron chi connectivity index (χ4n) is 3.59. The number of nitrogens with one attached hydrogen (secondary N) is 2. The molecule has 2 atom stereocenters. The van der Waals surface area contributed by atoms with Gasteiger partial charge in [-0.3, -0.25) is 19.4 Å². The van der Waals surface area contributed by atoms with E-state index in [-0.39, 0.29) is 23.6 Å². The quantitative estimate of drug-likeness (QED) is 0.830. The molecule has 2 saturated heterocycles. The van der Waals surface area contributed by atoms with Crippen LogP contribution >= 0.6 is 0 Å². The van der Waals surface area contributed by atoms with Crippen LogP contribution in [0.2, 0.25) is 0 Å². The van der Waals surface area contributed by atoms with Crippen LogP contribution in [0.15, 0.2) is 24.4 Å². The Hall–Kier alpha value is -2.44. The molecule has 2 fully saturated rings. The van der Waals surface area contributed by atoms with E-state index in [4.69, 9.17) is 0 Å². The minimum Gasteiger partial charge on any atom is -0.349 e. The number of rotatable bonds is 4. The van der Waals surface area contributed by atoms with Crippen molar-refractivity contribution in [2.24, 2.45) is 11.3 Å². The Morgan fingerprint density at radius 1 is 1.44 bits per heavy atom. The van der Waals surface area contributed by atoms with Crippen LogP contribution in [-0.4, -0.2) is 46.7 Å². The Kier molecular flexibility index (Phi) is 4.74. The highest BCUT2D eigenvalue weighted by Gasteiger charge is 2.53. The summed E-state index contributed by atoms with van der Waals surface area (Å²) in [6.07, 6.45) is 2.72. The molecule has 1 aromatic rings. The van der Waals surface area contributed by atoms with Gasteiger partial charge in [-0.05, 0) is 25.0 Å². The Bertz CT molecular complexity index is 676. The van der Waals surface area contributed by atoms with Gasteiger partial charge in [0.2, 0.25) is 17.7 Å². The standard InChI is InChI=1S/C18H24N4O3/c1-12(2)16(24)22-8-6-18(11-22)9-14(21-17(18)25)15(23)20-10-13-5-3-4-7-19-13/h3-5,7,12,14H,6,8-11H2,1-2H3,(H,20,23)(H,21,25)/t14-,18-/m0/s1. The lowest BCUT2D eigenvalue weighted by Gasteiger charge is -2.22. The molecule has 0 aliphatic carbocycles. The van der Waals surface area contributed by atoms with Gasteiger partial charge >= 0.3 is 0 Å². The number of pyridine rings is 1. The Morgan fingerprint density at radius 3 is 2.92 bits per heavy atom. The largest absolute Gasteiger partial charge is 0.349 e. The SMILES string of the molecule is CC(C)C(=O)N1CC[C@]2(C[C@@H](C(=O)NCc3ccccn3)NC2=O)C1. The van der Waals surface area contributed by atoms with E-state index in [9.17, 15) is 14.4 Å². The molecule has 3 heterocycles. The summed E-state index contributed by atoms with van der Waals surface area (Å²) in [5, 5.41) is 5.63. The molecule has 3 amide bonds. The van der Waals surface area contributed by atoms with Crippen LogP contribution in [0.1, 0.15) is 32.4 Å². The van der Waals surface area contributed by atoms with E-state index in [1.54, 1.807) is 11.1 Å². The van der Waals surface area contributed by atoms with E-state index in [1.807, 2.05) is 32.0 Å². The summed E-state index contributed by atoms with van der Waals surface area (Å²) in [5.74, 6) is -0.348. The number of hydrogen-bond acceptors (Lipinski definition) is 4. The first-order valence-electron chi connectivity index (χ1n) is 8.69. The second kappa shape index (κ2) is 6.82.